The summed E-state index contributed by atoms with van der Waals surface area (Å²) in [5.41, 5.74) is -0.113. The highest BCUT2D eigenvalue weighted by Gasteiger charge is 2.25. The first kappa shape index (κ1) is 16.2. The molecule has 0 saturated heterocycles. The molecule has 0 fully saturated rings. The van der Waals surface area contributed by atoms with Gasteiger partial charge >= 0.3 is 0 Å². The molecule has 1 aromatic carbocycles. The molecule has 0 aliphatic heterocycles. The molecule has 0 heterocycles. The van der Waals surface area contributed by atoms with Gasteiger partial charge in [-0.2, -0.15) is 0 Å². The Morgan fingerprint density at radius 2 is 1.85 bits per heavy atom. The van der Waals surface area contributed by atoms with Crippen molar-refractivity contribution in [1.29, 1.82) is 0 Å². The van der Waals surface area contributed by atoms with Gasteiger partial charge < -0.3 is 15.7 Å². The highest BCUT2D eigenvalue weighted by atomic mass is 16.3. The zero-order valence-corrected chi connectivity index (χ0v) is 12.1. The second-order valence-corrected chi connectivity index (χ2v) is 5.32. The maximum atomic E-state index is 11.7. The van der Waals surface area contributed by atoms with E-state index in [9.17, 15) is 14.7 Å². The van der Waals surface area contributed by atoms with Crippen molar-refractivity contribution in [2.45, 2.75) is 38.8 Å². The molecule has 1 aromatic rings. The van der Waals surface area contributed by atoms with Crippen molar-refractivity contribution in [1.82, 2.24) is 10.6 Å². The summed E-state index contributed by atoms with van der Waals surface area (Å²) in [5.74, 6) is -0.405. The van der Waals surface area contributed by atoms with Gasteiger partial charge in [-0.1, -0.05) is 18.2 Å². The van der Waals surface area contributed by atoms with Gasteiger partial charge in [0.25, 0.3) is 5.91 Å². The van der Waals surface area contributed by atoms with Crippen LogP contribution in [0.25, 0.3) is 0 Å². The van der Waals surface area contributed by atoms with Crippen molar-refractivity contribution in [3.8, 4) is 0 Å². The normalized spacial score (nSPS) is 12.6. The Hall–Kier alpha value is -1.88. The van der Waals surface area contributed by atoms with Crippen LogP contribution in [0, 0.1) is 0 Å². The molecule has 5 heteroatoms. The zero-order chi connectivity index (χ0) is 15.2. The SMILES string of the molecule is CC(O)C(C)(C)NC(=O)CCNC(=O)c1ccccc1. The van der Waals surface area contributed by atoms with Gasteiger partial charge in [-0.15, -0.1) is 0 Å². The monoisotopic (exact) mass is 278 g/mol. The Kier molecular flexibility index (Phi) is 5.70. The first-order valence-corrected chi connectivity index (χ1v) is 6.65. The minimum Gasteiger partial charge on any atom is -0.391 e. The second-order valence-electron chi connectivity index (χ2n) is 5.32. The number of rotatable bonds is 6. The third-order valence-corrected chi connectivity index (χ3v) is 3.18. The van der Waals surface area contributed by atoms with Crippen LogP contribution in [0.2, 0.25) is 0 Å². The van der Waals surface area contributed by atoms with Crippen LogP contribution >= 0.6 is 0 Å². The van der Waals surface area contributed by atoms with E-state index in [-0.39, 0.29) is 24.8 Å². The summed E-state index contributed by atoms with van der Waals surface area (Å²) < 4.78 is 0. The molecule has 0 spiro atoms. The molecule has 110 valence electrons. The summed E-state index contributed by atoms with van der Waals surface area (Å²) in [4.78, 5) is 23.4. The molecule has 0 bridgehead atoms. The van der Waals surface area contributed by atoms with Crippen LogP contribution in [0.3, 0.4) is 0 Å². The quantitative estimate of drug-likeness (QED) is 0.728. The Bertz CT molecular complexity index is 455. The molecule has 1 rings (SSSR count). The summed E-state index contributed by atoms with van der Waals surface area (Å²) in [6.45, 7) is 5.38. The highest BCUT2D eigenvalue weighted by molar-refractivity contribution is 5.94. The number of carbonyl (C=O) groups is 2. The maximum Gasteiger partial charge on any atom is 0.251 e. The van der Waals surface area contributed by atoms with Gasteiger partial charge in [0.15, 0.2) is 0 Å². The van der Waals surface area contributed by atoms with E-state index in [1.807, 2.05) is 6.07 Å². The van der Waals surface area contributed by atoms with Crippen molar-refractivity contribution < 1.29 is 14.7 Å². The van der Waals surface area contributed by atoms with Gasteiger partial charge in [-0.25, -0.2) is 0 Å². The van der Waals surface area contributed by atoms with E-state index in [0.717, 1.165) is 0 Å². The first-order chi connectivity index (χ1) is 9.33. The summed E-state index contributed by atoms with van der Waals surface area (Å²) in [6.07, 6.45) is -0.472. The third-order valence-electron chi connectivity index (χ3n) is 3.18. The van der Waals surface area contributed by atoms with Crippen LogP contribution in [0.4, 0.5) is 0 Å². The van der Waals surface area contributed by atoms with Crippen LogP contribution in [-0.2, 0) is 4.79 Å². The number of carbonyl (C=O) groups excluding carboxylic acids is 2. The summed E-state index contributed by atoms with van der Waals surface area (Å²) >= 11 is 0. The molecular weight excluding hydrogens is 256 g/mol. The van der Waals surface area contributed by atoms with Gasteiger partial charge in [-0.3, -0.25) is 9.59 Å². The smallest absolute Gasteiger partial charge is 0.251 e. The summed E-state index contributed by atoms with van der Waals surface area (Å²) in [7, 11) is 0. The molecular formula is C15H22N2O3. The third kappa shape index (κ3) is 5.01. The molecule has 2 amide bonds. The molecule has 20 heavy (non-hydrogen) atoms. The van der Waals surface area contributed by atoms with Gasteiger partial charge in [-0.05, 0) is 32.9 Å². The largest absolute Gasteiger partial charge is 0.391 e. The van der Waals surface area contributed by atoms with Crippen molar-refractivity contribution in [3.63, 3.8) is 0 Å². The Labute approximate surface area is 119 Å². The van der Waals surface area contributed by atoms with Crippen molar-refractivity contribution in [2.75, 3.05) is 6.54 Å². The van der Waals surface area contributed by atoms with E-state index in [0.29, 0.717) is 5.56 Å². The van der Waals surface area contributed by atoms with E-state index in [2.05, 4.69) is 10.6 Å². The van der Waals surface area contributed by atoms with Crippen LogP contribution in [0.15, 0.2) is 30.3 Å². The summed E-state index contributed by atoms with van der Waals surface area (Å²) in [5, 5.41) is 14.9. The zero-order valence-electron chi connectivity index (χ0n) is 12.1. The molecule has 0 radical (unpaired) electrons. The van der Waals surface area contributed by atoms with Crippen LogP contribution in [-0.4, -0.2) is 35.1 Å². The molecule has 0 saturated carbocycles. The minimum atomic E-state index is -0.680. The fourth-order valence-corrected chi connectivity index (χ4v) is 1.51. The predicted octanol–water partition coefficient (Wildman–Crippen LogP) is 1.08. The fraction of sp³-hybridized carbons (Fsp3) is 0.467. The van der Waals surface area contributed by atoms with Crippen molar-refractivity contribution in [3.05, 3.63) is 35.9 Å². The Morgan fingerprint density at radius 3 is 2.40 bits per heavy atom. The Morgan fingerprint density at radius 1 is 1.25 bits per heavy atom. The lowest BCUT2D eigenvalue weighted by molar-refractivity contribution is -0.123. The van der Waals surface area contributed by atoms with Gasteiger partial charge in [0.1, 0.15) is 0 Å². The van der Waals surface area contributed by atoms with Gasteiger partial charge in [0.2, 0.25) is 5.91 Å². The van der Waals surface area contributed by atoms with Gasteiger partial charge in [0, 0.05) is 18.5 Å². The van der Waals surface area contributed by atoms with E-state index in [1.54, 1.807) is 45.0 Å². The molecule has 0 aliphatic carbocycles. The van der Waals surface area contributed by atoms with E-state index in [4.69, 9.17) is 0 Å². The van der Waals surface area contributed by atoms with Crippen LogP contribution in [0.5, 0.6) is 0 Å². The number of aliphatic hydroxyl groups is 1. The number of amides is 2. The fourth-order valence-electron chi connectivity index (χ4n) is 1.51. The maximum absolute atomic E-state index is 11.7. The lowest BCUT2D eigenvalue weighted by Crippen LogP contribution is -2.51. The molecule has 0 aromatic heterocycles. The number of hydrogen-bond acceptors (Lipinski definition) is 3. The predicted molar refractivity (Wildman–Crippen MR) is 77.3 cm³/mol. The lowest BCUT2D eigenvalue weighted by Gasteiger charge is -2.29. The van der Waals surface area contributed by atoms with E-state index < -0.39 is 11.6 Å². The molecule has 1 unspecified atom stereocenters. The van der Waals surface area contributed by atoms with Crippen molar-refractivity contribution >= 4 is 11.8 Å². The van der Waals surface area contributed by atoms with E-state index in [1.165, 1.54) is 0 Å². The van der Waals surface area contributed by atoms with Crippen LogP contribution in [0.1, 0.15) is 37.6 Å². The first-order valence-electron chi connectivity index (χ1n) is 6.65. The van der Waals surface area contributed by atoms with E-state index >= 15 is 0 Å². The molecule has 3 N–H and O–H groups in total. The molecule has 1 atom stereocenters. The van der Waals surface area contributed by atoms with Crippen molar-refractivity contribution in [2.24, 2.45) is 0 Å². The number of benzene rings is 1. The number of aliphatic hydroxyl groups excluding tert-OH is 1. The average Bonchev–Trinajstić information content (AvgIpc) is 2.38. The summed E-state index contributed by atoms with van der Waals surface area (Å²) in [6, 6.07) is 8.83. The van der Waals surface area contributed by atoms with Crippen LogP contribution < -0.4 is 10.6 Å². The average molecular weight is 278 g/mol. The number of hydrogen-bond donors (Lipinski definition) is 3. The second kappa shape index (κ2) is 7.05. The minimum absolute atomic E-state index is 0.175. The topological polar surface area (TPSA) is 78.4 Å². The molecule has 5 nitrogen and oxygen atoms in total. The number of nitrogens with one attached hydrogen (secondary N) is 2. The standard InChI is InChI=1S/C15H22N2O3/c1-11(18)15(2,3)17-13(19)9-10-16-14(20)12-7-5-4-6-8-12/h4-8,11,18H,9-10H2,1-3H3,(H,16,20)(H,17,19). The van der Waals surface area contributed by atoms with Gasteiger partial charge in [0.05, 0.1) is 11.6 Å². The Balaban J connectivity index is 2.34. The molecule has 0 aliphatic rings. The lowest BCUT2D eigenvalue weighted by atomic mass is 9.98. The highest BCUT2D eigenvalue weighted by Crippen LogP contribution is 2.08.